The third-order valence-corrected chi connectivity index (χ3v) is 3.16. The normalized spacial score (nSPS) is 16.0. The molecular weight excluding hydrogens is 282 g/mol. The number of hydrogen-bond donors (Lipinski definition) is 1. The molecule has 0 saturated heterocycles. The summed E-state index contributed by atoms with van der Waals surface area (Å²) >= 11 is 0. The number of carbonyl (C=O) groups is 2. The lowest BCUT2D eigenvalue weighted by molar-refractivity contribution is -0.143. The maximum Gasteiger partial charge on any atom is 0.408 e. The summed E-state index contributed by atoms with van der Waals surface area (Å²) in [5, 5.41) is 2.54. The Morgan fingerprint density at radius 3 is 2.45 bits per heavy atom. The summed E-state index contributed by atoms with van der Waals surface area (Å²) in [5.74, 6) is 0.441. The van der Waals surface area contributed by atoms with Gasteiger partial charge in [0.15, 0.2) is 0 Å². The number of amides is 1. The monoisotopic (exact) mass is 300 g/mol. The predicted molar refractivity (Wildman–Crippen MR) is 80.6 cm³/mol. The minimum Gasteiger partial charge on any atom is -0.467 e. The summed E-state index contributed by atoms with van der Waals surface area (Å²) < 4.78 is 9.83. The molecule has 5 radical (unpaired) electrons. The van der Waals surface area contributed by atoms with E-state index in [2.05, 4.69) is 5.32 Å². The molecule has 1 atom stereocenters. The number of esters is 1. The molecule has 0 unspecified atom stereocenters. The van der Waals surface area contributed by atoms with Crippen molar-refractivity contribution in [2.75, 3.05) is 7.11 Å². The molecule has 1 fully saturated rings. The fourth-order valence-electron chi connectivity index (χ4n) is 2.03. The Labute approximate surface area is 131 Å². The number of alkyl carbamates (subject to hydrolysis) is 1. The maximum atomic E-state index is 11.8. The first-order chi connectivity index (χ1) is 10.7. The van der Waals surface area contributed by atoms with Crippen molar-refractivity contribution in [3.8, 4) is 0 Å². The van der Waals surface area contributed by atoms with Crippen LogP contribution in [-0.4, -0.2) is 25.2 Å². The van der Waals surface area contributed by atoms with Crippen molar-refractivity contribution in [2.24, 2.45) is 0 Å². The topological polar surface area (TPSA) is 64.6 Å². The van der Waals surface area contributed by atoms with Crippen molar-refractivity contribution < 1.29 is 19.1 Å². The Kier molecular flexibility index (Phi) is 6.25. The van der Waals surface area contributed by atoms with Crippen LogP contribution in [0.5, 0.6) is 0 Å². The minimum absolute atomic E-state index is 0.150. The van der Waals surface area contributed by atoms with E-state index in [9.17, 15) is 9.59 Å². The van der Waals surface area contributed by atoms with Gasteiger partial charge in [0, 0.05) is 0 Å². The lowest BCUT2D eigenvalue weighted by atomic mass is 9.98. The van der Waals surface area contributed by atoms with Crippen molar-refractivity contribution in [1.82, 2.24) is 5.32 Å². The smallest absolute Gasteiger partial charge is 0.408 e. The number of carbonyl (C=O) groups excluding carboxylic acids is 2. The van der Waals surface area contributed by atoms with Gasteiger partial charge in [-0.3, -0.25) is 0 Å². The van der Waals surface area contributed by atoms with Gasteiger partial charge >= 0.3 is 12.1 Å². The fraction of sp³-hybridized carbons (Fsp3) is 0.235. The Hall–Kier alpha value is -2.04. The van der Waals surface area contributed by atoms with Gasteiger partial charge in [-0.05, 0) is 43.6 Å². The summed E-state index contributed by atoms with van der Waals surface area (Å²) in [6, 6.07) is 8.56. The van der Waals surface area contributed by atoms with Crippen LogP contribution < -0.4 is 5.32 Å². The molecule has 2 rings (SSSR count). The molecule has 1 aliphatic carbocycles. The molecule has 1 N–H and O–H groups in total. The summed E-state index contributed by atoms with van der Waals surface area (Å²) in [6.07, 6.45) is 7.22. The average Bonchev–Trinajstić information content (AvgIpc) is 3.05. The van der Waals surface area contributed by atoms with Crippen LogP contribution in [-0.2, 0) is 20.9 Å². The van der Waals surface area contributed by atoms with E-state index in [-0.39, 0.29) is 6.61 Å². The molecule has 22 heavy (non-hydrogen) atoms. The van der Waals surface area contributed by atoms with Crippen LogP contribution in [0.25, 0.3) is 0 Å². The molecule has 1 amide bonds. The van der Waals surface area contributed by atoms with E-state index in [1.165, 1.54) is 7.11 Å². The van der Waals surface area contributed by atoms with Gasteiger partial charge < -0.3 is 14.8 Å². The van der Waals surface area contributed by atoms with Crippen LogP contribution in [0.2, 0.25) is 0 Å². The van der Waals surface area contributed by atoms with E-state index in [0.29, 0.717) is 6.42 Å². The highest BCUT2D eigenvalue weighted by molar-refractivity contribution is 5.81. The number of nitrogens with one attached hydrogen (secondary N) is 1. The van der Waals surface area contributed by atoms with E-state index < -0.39 is 18.1 Å². The Morgan fingerprint density at radius 1 is 1.14 bits per heavy atom. The number of rotatable bonds is 6. The number of hydrogen-bond acceptors (Lipinski definition) is 4. The van der Waals surface area contributed by atoms with Crippen LogP contribution in [0, 0.1) is 31.6 Å². The van der Waals surface area contributed by atoms with Gasteiger partial charge in [0.1, 0.15) is 12.6 Å². The average molecular weight is 300 g/mol. The molecule has 0 aliphatic heterocycles. The highest BCUT2D eigenvalue weighted by Gasteiger charge is 2.28. The first-order valence-electron chi connectivity index (χ1n) is 6.94. The molecule has 1 saturated carbocycles. The van der Waals surface area contributed by atoms with Gasteiger partial charge in [-0.15, -0.1) is 0 Å². The molecule has 0 heterocycles. The number of benzene rings is 1. The zero-order chi connectivity index (χ0) is 15.8. The lowest BCUT2D eigenvalue weighted by Crippen LogP contribution is -2.42. The van der Waals surface area contributed by atoms with Crippen LogP contribution in [0.15, 0.2) is 30.3 Å². The highest BCUT2D eigenvalue weighted by Crippen LogP contribution is 2.27. The third kappa shape index (κ3) is 5.06. The zero-order valence-corrected chi connectivity index (χ0v) is 12.3. The minimum atomic E-state index is -0.768. The highest BCUT2D eigenvalue weighted by atomic mass is 16.6. The fourth-order valence-corrected chi connectivity index (χ4v) is 2.03. The Morgan fingerprint density at radius 2 is 1.82 bits per heavy atom. The predicted octanol–water partition coefficient (Wildman–Crippen LogP) is 2.25. The second-order valence-electron chi connectivity index (χ2n) is 4.78. The number of ether oxygens (including phenoxy) is 2. The van der Waals surface area contributed by atoms with E-state index >= 15 is 0 Å². The summed E-state index contributed by atoms with van der Waals surface area (Å²) in [4.78, 5) is 23.6. The van der Waals surface area contributed by atoms with Gasteiger partial charge in [-0.2, -0.15) is 0 Å². The maximum absolute atomic E-state index is 11.8. The van der Waals surface area contributed by atoms with Gasteiger partial charge in [0.25, 0.3) is 0 Å². The van der Waals surface area contributed by atoms with Crippen molar-refractivity contribution in [1.29, 1.82) is 0 Å². The van der Waals surface area contributed by atoms with Crippen LogP contribution in [0.4, 0.5) is 4.79 Å². The van der Waals surface area contributed by atoms with Crippen molar-refractivity contribution in [2.45, 2.75) is 19.1 Å². The molecule has 115 valence electrons. The standard InChI is InChI=1S/C17H18NO4/c1-21-16(19)15(11-13-7-5-6-8-13)18-17(20)22-12-14-9-3-2-4-10-14/h2-10,15H,11-12H2,1H3,(H,18,20)/t15-/m0/s1. The molecule has 5 heteroatoms. The van der Waals surface area contributed by atoms with Gasteiger partial charge in [-0.1, -0.05) is 30.3 Å². The first kappa shape index (κ1) is 16.3. The quantitative estimate of drug-likeness (QED) is 0.818. The molecular formula is C17H18NO4. The van der Waals surface area contributed by atoms with Crippen molar-refractivity contribution in [3.05, 3.63) is 67.5 Å². The van der Waals surface area contributed by atoms with Gasteiger partial charge in [0.2, 0.25) is 0 Å². The van der Waals surface area contributed by atoms with E-state index in [4.69, 9.17) is 9.47 Å². The molecule has 1 aromatic carbocycles. The zero-order valence-electron chi connectivity index (χ0n) is 12.3. The molecule has 0 bridgehead atoms. The second-order valence-corrected chi connectivity index (χ2v) is 4.78. The Balaban J connectivity index is 1.83. The SMILES string of the molecule is COC(=O)[C@H](C[C]1[CH][CH][CH][CH]1)NC(=O)OCc1ccccc1. The van der Waals surface area contributed by atoms with Gasteiger partial charge in [0.05, 0.1) is 7.11 Å². The van der Waals surface area contributed by atoms with E-state index in [1.807, 2.05) is 56.0 Å². The molecule has 5 nitrogen and oxygen atoms in total. The second kappa shape index (κ2) is 8.41. The Bertz CT molecular complexity index is 483. The summed E-state index contributed by atoms with van der Waals surface area (Å²) in [7, 11) is 1.29. The summed E-state index contributed by atoms with van der Waals surface area (Å²) in [6.45, 7) is 0.150. The molecule has 1 aliphatic rings. The van der Waals surface area contributed by atoms with Gasteiger partial charge in [-0.25, -0.2) is 9.59 Å². The lowest BCUT2D eigenvalue weighted by Gasteiger charge is -2.19. The molecule has 0 aromatic heterocycles. The van der Waals surface area contributed by atoms with Crippen molar-refractivity contribution >= 4 is 12.1 Å². The molecule has 1 aromatic rings. The van der Waals surface area contributed by atoms with E-state index in [0.717, 1.165) is 11.5 Å². The third-order valence-electron chi connectivity index (χ3n) is 3.16. The van der Waals surface area contributed by atoms with Crippen molar-refractivity contribution in [3.63, 3.8) is 0 Å². The molecule has 0 spiro atoms. The summed E-state index contributed by atoms with van der Waals surface area (Å²) in [5.41, 5.74) is 0.878. The van der Waals surface area contributed by atoms with Crippen LogP contribution in [0.3, 0.4) is 0 Å². The van der Waals surface area contributed by atoms with E-state index in [1.54, 1.807) is 0 Å². The number of methoxy groups -OCH3 is 1. The largest absolute Gasteiger partial charge is 0.467 e. The van der Waals surface area contributed by atoms with Crippen LogP contribution in [0.1, 0.15) is 12.0 Å². The van der Waals surface area contributed by atoms with Crippen LogP contribution >= 0.6 is 0 Å². The first-order valence-corrected chi connectivity index (χ1v) is 6.94.